The predicted octanol–water partition coefficient (Wildman–Crippen LogP) is -1.20. The predicted molar refractivity (Wildman–Crippen MR) is 20.8 cm³/mol. The standard InChI is InChI=1S/C2H6N3O/c1-4-2(6)5-3/h3H2,1H3,(H,5,6). The Balaban J connectivity index is 2.99. The van der Waals surface area contributed by atoms with Crippen LogP contribution in [-0.4, -0.2) is 13.1 Å². The van der Waals surface area contributed by atoms with Gasteiger partial charge in [0.05, 0.1) is 0 Å². The van der Waals surface area contributed by atoms with Crippen LogP contribution in [-0.2, 0) is 0 Å². The molecule has 0 heterocycles. The first-order chi connectivity index (χ1) is 2.81. The second kappa shape index (κ2) is 2.47. The van der Waals surface area contributed by atoms with E-state index < -0.39 is 6.03 Å². The van der Waals surface area contributed by atoms with Crippen molar-refractivity contribution in [2.75, 3.05) is 7.05 Å². The Bertz CT molecular complexity index is 46.8. The summed E-state index contributed by atoms with van der Waals surface area (Å²) in [4.78, 5) is 9.78. The summed E-state index contributed by atoms with van der Waals surface area (Å²) >= 11 is 0. The van der Waals surface area contributed by atoms with Crippen LogP contribution >= 0.6 is 0 Å². The summed E-state index contributed by atoms with van der Waals surface area (Å²) in [7, 11) is 1.36. The molecule has 0 fully saturated rings. The van der Waals surface area contributed by atoms with Crippen LogP contribution in [0.5, 0.6) is 0 Å². The van der Waals surface area contributed by atoms with E-state index in [2.05, 4.69) is 11.2 Å². The average molecular weight is 88.1 g/mol. The van der Waals surface area contributed by atoms with Crippen molar-refractivity contribution in [2.24, 2.45) is 5.84 Å². The molecule has 0 aliphatic rings. The number of nitrogens with two attached hydrogens (primary N) is 1. The normalized spacial score (nSPS) is 7.00. The zero-order valence-electron chi connectivity index (χ0n) is 3.43. The van der Waals surface area contributed by atoms with Gasteiger partial charge in [0.25, 0.3) is 0 Å². The van der Waals surface area contributed by atoms with Crippen molar-refractivity contribution >= 4 is 6.03 Å². The number of nitrogens with one attached hydrogen (secondary N) is 1. The van der Waals surface area contributed by atoms with Crippen LogP contribution < -0.4 is 16.6 Å². The van der Waals surface area contributed by atoms with Gasteiger partial charge in [0, 0.05) is 7.05 Å². The summed E-state index contributed by atoms with van der Waals surface area (Å²) in [5.74, 6) is 4.59. The Kier molecular flexibility index (Phi) is 2.15. The molecule has 4 nitrogen and oxygen atoms in total. The van der Waals surface area contributed by atoms with E-state index in [1.54, 1.807) is 0 Å². The molecule has 0 saturated heterocycles. The number of hydrazine groups is 1. The average Bonchev–Trinajstić information content (AvgIpc) is 1.65. The number of amides is 2. The summed E-state index contributed by atoms with van der Waals surface area (Å²) in [6.45, 7) is 0. The highest BCUT2D eigenvalue weighted by molar-refractivity contribution is 5.72. The Morgan fingerprint density at radius 1 is 2.00 bits per heavy atom. The zero-order valence-corrected chi connectivity index (χ0v) is 3.43. The highest BCUT2D eigenvalue weighted by Crippen LogP contribution is 1.50. The molecule has 1 radical (unpaired) electrons. The lowest BCUT2D eigenvalue weighted by Gasteiger charge is -1.87. The Hall–Kier alpha value is -0.770. The van der Waals surface area contributed by atoms with Crippen molar-refractivity contribution in [3.05, 3.63) is 0 Å². The second-order valence-corrected chi connectivity index (χ2v) is 0.673. The lowest BCUT2D eigenvalue weighted by Crippen LogP contribution is -2.33. The van der Waals surface area contributed by atoms with Crippen molar-refractivity contribution in [1.82, 2.24) is 10.7 Å². The van der Waals surface area contributed by atoms with Gasteiger partial charge in [-0.25, -0.2) is 16.0 Å². The van der Waals surface area contributed by atoms with Crippen LogP contribution in [0.4, 0.5) is 4.79 Å². The first-order valence-electron chi connectivity index (χ1n) is 1.41. The van der Waals surface area contributed by atoms with E-state index in [1.807, 2.05) is 5.43 Å². The van der Waals surface area contributed by atoms with Crippen molar-refractivity contribution in [2.45, 2.75) is 0 Å². The van der Waals surface area contributed by atoms with Crippen molar-refractivity contribution in [3.63, 3.8) is 0 Å². The second-order valence-electron chi connectivity index (χ2n) is 0.673. The zero-order chi connectivity index (χ0) is 4.99. The van der Waals surface area contributed by atoms with Gasteiger partial charge in [-0.1, -0.05) is 0 Å². The van der Waals surface area contributed by atoms with Gasteiger partial charge < -0.3 is 0 Å². The highest BCUT2D eigenvalue weighted by atomic mass is 16.2. The van der Waals surface area contributed by atoms with E-state index >= 15 is 0 Å². The molecular formula is C2H6N3O. The third-order valence-electron chi connectivity index (χ3n) is 0.327. The molecule has 0 aromatic carbocycles. The molecule has 0 rings (SSSR count). The van der Waals surface area contributed by atoms with Crippen LogP contribution in [0, 0.1) is 0 Å². The van der Waals surface area contributed by atoms with Crippen molar-refractivity contribution in [1.29, 1.82) is 0 Å². The molecule has 0 atom stereocenters. The van der Waals surface area contributed by atoms with Gasteiger partial charge >= 0.3 is 6.03 Å². The van der Waals surface area contributed by atoms with Crippen LogP contribution in [0.3, 0.4) is 0 Å². The van der Waals surface area contributed by atoms with Gasteiger partial charge in [-0.05, 0) is 0 Å². The van der Waals surface area contributed by atoms with Gasteiger partial charge in [0.1, 0.15) is 0 Å². The minimum Gasteiger partial charge on any atom is -0.274 e. The Morgan fingerprint density at radius 3 is 2.50 bits per heavy atom. The van der Waals surface area contributed by atoms with Gasteiger partial charge in [-0.2, -0.15) is 0 Å². The quantitative estimate of drug-likeness (QED) is 0.222. The van der Waals surface area contributed by atoms with E-state index in [0.29, 0.717) is 0 Å². The molecule has 4 heteroatoms. The molecule has 6 heavy (non-hydrogen) atoms. The SMILES string of the molecule is C[N]C(=O)NN. The third-order valence-corrected chi connectivity index (χ3v) is 0.327. The van der Waals surface area contributed by atoms with Crippen molar-refractivity contribution < 1.29 is 4.79 Å². The lowest BCUT2D eigenvalue weighted by atomic mass is 11.0. The van der Waals surface area contributed by atoms with E-state index in [-0.39, 0.29) is 0 Å². The number of carbonyl (C=O) groups excluding carboxylic acids is 1. The fourth-order valence-corrected chi connectivity index (χ4v) is 0.0645. The first-order valence-corrected chi connectivity index (χ1v) is 1.41. The smallest absolute Gasteiger partial charge is 0.274 e. The summed E-state index contributed by atoms with van der Waals surface area (Å²) in [5.41, 5.74) is 1.81. The number of hydrogen-bond acceptors (Lipinski definition) is 2. The topological polar surface area (TPSA) is 69.2 Å². The number of rotatable bonds is 0. The fraction of sp³-hybridized carbons (Fsp3) is 0.500. The molecule has 0 spiro atoms. The molecule has 0 aromatic rings. The number of carbonyl (C=O) groups is 1. The molecule has 0 aromatic heterocycles. The molecule has 3 N–H and O–H groups in total. The molecule has 2 amide bonds. The maximum absolute atomic E-state index is 9.78. The molecule has 0 aliphatic heterocycles. The molecule has 0 bridgehead atoms. The van der Waals surface area contributed by atoms with Gasteiger partial charge in [0.2, 0.25) is 0 Å². The summed E-state index contributed by atoms with van der Waals surface area (Å²) in [6, 6.07) is -0.505. The van der Waals surface area contributed by atoms with E-state index in [4.69, 9.17) is 0 Å². The summed E-state index contributed by atoms with van der Waals surface area (Å²) in [5, 5.41) is 3.13. The highest BCUT2D eigenvalue weighted by Gasteiger charge is 1.85. The van der Waals surface area contributed by atoms with Crippen LogP contribution in [0.15, 0.2) is 0 Å². The lowest BCUT2D eigenvalue weighted by molar-refractivity contribution is 0.242. The largest absolute Gasteiger partial charge is 0.350 e. The Labute approximate surface area is 35.7 Å². The maximum atomic E-state index is 9.78. The summed E-state index contributed by atoms with van der Waals surface area (Å²) in [6.07, 6.45) is 0. The minimum atomic E-state index is -0.505. The molecule has 0 unspecified atom stereocenters. The molecule has 35 valence electrons. The van der Waals surface area contributed by atoms with Crippen LogP contribution in [0.1, 0.15) is 0 Å². The van der Waals surface area contributed by atoms with Gasteiger partial charge in [0.15, 0.2) is 0 Å². The summed E-state index contributed by atoms with van der Waals surface area (Å²) < 4.78 is 0. The first kappa shape index (κ1) is 5.23. The van der Waals surface area contributed by atoms with Crippen molar-refractivity contribution in [3.8, 4) is 0 Å². The molecular weight excluding hydrogens is 82.0 g/mol. The monoisotopic (exact) mass is 88.1 g/mol. The van der Waals surface area contributed by atoms with Gasteiger partial charge in [-0.3, -0.25) is 5.43 Å². The van der Waals surface area contributed by atoms with Gasteiger partial charge in [-0.15, -0.1) is 0 Å². The van der Waals surface area contributed by atoms with E-state index in [9.17, 15) is 4.79 Å². The van der Waals surface area contributed by atoms with Crippen LogP contribution in [0.2, 0.25) is 0 Å². The van der Waals surface area contributed by atoms with E-state index in [0.717, 1.165) is 0 Å². The van der Waals surface area contributed by atoms with Crippen LogP contribution in [0.25, 0.3) is 0 Å². The number of nitrogens with zero attached hydrogens (tertiary/aromatic N) is 1. The molecule has 0 aliphatic carbocycles. The van der Waals surface area contributed by atoms with E-state index in [1.165, 1.54) is 7.05 Å². The molecule has 0 saturated carbocycles. The third kappa shape index (κ3) is 1.54. The Morgan fingerprint density at radius 2 is 2.50 bits per heavy atom. The fourth-order valence-electron chi connectivity index (χ4n) is 0.0645. The number of urea groups is 1. The number of hydrogen-bond donors (Lipinski definition) is 2. The minimum absolute atomic E-state index is 0.505. The maximum Gasteiger partial charge on any atom is 0.350 e.